The van der Waals surface area contributed by atoms with Crippen molar-refractivity contribution in [2.45, 2.75) is 13.8 Å². The second kappa shape index (κ2) is 6.33. The fourth-order valence-corrected chi connectivity index (χ4v) is 1.98. The Kier molecular flexibility index (Phi) is 5.04. The number of rotatable bonds is 6. The number of carboxylic acid groups (broad SMARTS) is 1. The molecular weight excluding hydrogens is 280 g/mol. The summed E-state index contributed by atoms with van der Waals surface area (Å²) in [4.78, 5) is 34.0. The van der Waals surface area contributed by atoms with Gasteiger partial charge in [-0.15, -0.1) is 11.3 Å². The first-order valence-electron chi connectivity index (χ1n) is 5.80. The maximum atomic E-state index is 11.9. The summed E-state index contributed by atoms with van der Waals surface area (Å²) in [6.45, 7) is 3.42. The van der Waals surface area contributed by atoms with E-state index in [9.17, 15) is 14.4 Å². The number of hydrogen-bond donors (Lipinski definition) is 3. The second-order valence-electron chi connectivity index (χ2n) is 4.84. The zero-order valence-corrected chi connectivity index (χ0v) is 12.0. The molecule has 1 aromatic rings. The van der Waals surface area contributed by atoms with E-state index in [2.05, 4.69) is 5.32 Å². The summed E-state index contributed by atoms with van der Waals surface area (Å²) in [6, 6.07) is 1.58. The first-order valence-corrected chi connectivity index (χ1v) is 6.68. The molecule has 1 heterocycles. The molecular formula is C13H16N2O4S. The van der Waals surface area contributed by atoms with Crippen molar-refractivity contribution in [2.24, 2.45) is 11.1 Å². The summed E-state index contributed by atoms with van der Waals surface area (Å²) in [7, 11) is 0. The van der Waals surface area contributed by atoms with Crippen LogP contribution in [-0.2, 0) is 9.59 Å². The summed E-state index contributed by atoms with van der Waals surface area (Å²) >= 11 is 1.26. The normalized spacial score (nSPS) is 11.5. The Morgan fingerprint density at radius 1 is 1.45 bits per heavy atom. The minimum atomic E-state index is -1.05. The summed E-state index contributed by atoms with van der Waals surface area (Å²) in [5.74, 6) is -1.87. The molecule has 108 valence electrons. The average molecular weight is 296 g/mol. The molecule has 0 spiro atoms. The molecule has 7 heteroatoms. The van der Waals surface area contributed by atoms with Crippen LogP contribution in [0.1, 0.15) is 29.1 Å². The van der Waals surface area contributed by atoms with Gasteiger partial charge >= 0.3 is 5.97 Å². The van der Waals surface area contributed by atoms with Gasteiger partial charge in [0.2, 0.25) is 5.91 Å². The standard InChI is InChI=1S/C13H16N2O4S/c1-13(2,12(14)19)7-15-11(18)8-5-9(20-6-8)3-4-10(16)17/h3-6H,7H2,1-2H3,(H2,14,19)(H,15,18)(H,16,17)/b4-3+. The Bertz CT molecular complexity index is 560. The van der Waals surface area contributed by atoms with Crippen molar-refractivity contribution in [1.29, 1.82) is 0 Å². The van der Waals surface area contributed by atoms with Gasteiger partial charge in [-0.05, 0) is 26.0 Å². The van der Waals surface area contributed by atoms with E-state index in [0.29, 0.717) is 10.4 Å². The van der Waals surface area contributed by atoms with Crippen LogP contribution in [-0.4, -0.2) is 29.4 Å². The fourth-order valence-electron chi connectivity index (χ4n) is 1.20. The van der Waals surface area contributed by atoms with E-state index in [-0.39, 0.29) is 12.5 Å². The van der Waals surface area contributed by atoms with E-state index in [4.69, 9.17) is 10.8 Å². The zero-order chi connectivity index (χ0) is 15.3. The van der Waals surface area contributed by atoms with Crippen LogP contribution in [0.25, 0.3) is 6.08 Å². The lowest BCUT2D eigenvalue weighted by atomic mass is 9.93. The first-order chi connectivity index (χ1) is 9.22. The number of aliphatic carboxylic acids is 1. The average Bonchev–Trinajstić information content (AvgIpc) is 2.82. The largest absolute Gasteiger partial charge is 0.478 e. The molecule has 0 aliphatic carbocycles. The van der Waals surface area contributed by atoms with E-state index < -0.39 is 17.3 Å². The lowest BCUT2D eigenvalue weighted by Gasteiger charge is -2.20. The second-order valence-corrected chi connectivity index (χ2v) is 5.78. The number of thiophene rings is 1. The molecule has 0 bridgehead atoms. The van der Waals surface area contributed by atoms with Gasteiger partial charge < -0.3 is 16.2 Å². The Morgan fingerprint density at radius 2 is 2.10 bits per heavy atom. The monoisotopic (exact) mass is 296 g/mol. The third kappa shape index (κ3) is 4.51. The number of primary amides is 1. The van der Waals surface area contributed by atoms with Crippen molar-refractivity contribution < 1.29 is 19.5 Å². The number of hydrogen-bond acceptors (Lipinski definition) is 4. The highest BCUT2D eigenvalue weighted by Gasteiger charge is 2.25. The number of nitrogens with one attached hydrogen (secondary N) is 1. The number of carboxylic acids is 1. The molecule has 0 saturated heterocycles. The number of amides is 2. The van der Waals surface area contributed by atoms with Crippen LogP contribution in [0.2, 0.25) is 0 Å². The van der Waals surface area contributed by atoms with Crippen LogP contribution < -0.4 is 11.1 Å². The lowest BCUT2D eigenvalue weighted by Crippen LogP contribution is -2.42. The molecule has 4 N–H and O–H groups in total. The molecule has 0 unspecified atom stereocenters. The Hall–Kier alpha value is -2.15. The smallest absolute Gasteiger partial charge is 0.328 e. The Labute approximate surface area is 120 Å². The molecule has 2 amide bonds. The number of nitrogens with two attached hydrogens (primary N) is 1. The molecule has 0 aliphatic heterocycles. The van der Waals surface area contributed by atoms with Gasteiger partial charge in [0.1, 0.15) is 0 Å². The van der Waals surface area contributed by atoms with Gasteiger partial charge in [-0.2, -0.15) is 0 Å². The van der Waals surface area contributed by atoms with Crippen molar-refractivity contribution >= 4 is 35.2 Å². The molecule has 0 aliphatic rings. The number of carbonyl (C=O) groups is 3. The maximum absolute atomic E-state index is 11.9. The van der Waals surface area contributed by atoms with Crippen LogP contribution in [0.3, 0.4) is 0 Å². The molecule has 1 aromatic heterocycles. The van der Waals surface area contributed by atoms with Crippen LogP contribution in [0, 0.1) is 5.41 Å². The SMILES string of the molecule is CC(C)(CNC(=O)c1csc(/C=C/C(=O)O)c1)C(N)=O. The predicted molar refractivity (Wildman–Crippen MR) is 76.3 cm³/mol. The third-order valence-corrected chi connectivity index (χ3v) is 3.53. The van der Waals surface area contributed by atoms with Gasteiger partial charge in [0, 0.05) is 22.9 Å². The molecule has 0 fully saturated rings. The van der Waals surface area contributed by atoms with Gasteiger partial charge in [-0.1, -0.05) is 0 Å². The van der Waals surface area contributed by atoms with Crippen molar-refractivity contribution in [2.75, 3.05) is 6.54 Å². The van der Waals surface area contributed by atoms with Crippen LogP contribution in [0.4, 0.5) is 0 Å². The highest BCUT2D eigenvalue weighted by atomic mass is 32.1. The molecule has 0 saturated carbocycles. The van der Waals surface area contributed by atoms with Gasteiger partial charge in [0.05, 0.1) is 11.0 Å². The van der Waals surface area contributed by atoms with Crippen molar-refractivity contribution in [3.05, 3.63) is 28.0 Å². The highest BCUT2D eigenvalue weighted by Crippen LogP contribution is 2.17. The van der Waals surface area contributed by atoms with E-state index in [0.717, 1.165) is 6.08 Å². The summed E-state index contributed by atoms with van der Waals surface area (Å²) in [6.07, 6.45) is 2.42. The summed E-state index contributed by atoms with van der Waals surface area (Å²) in [5.41, 5.74) is 4.81. The van der Waals surface area contributed by atoms with Crippen LogP contribution >= 0.6 is 11.3 Å². The fraction of sp³-hybridized carbons (Fsp3) is 0.308. The summed E-state index contributed by atoms with van der Waals surface area (Å²) in [5, 5.41) is 12.8. The minimum absolute atomic E-state index is 0.136. The third-order valence-electron chi connectivity index (χ3n) is 2.63. The predicted octanol–water partition coefficient (Wildman–Crippen LogP) is 1.09. The van der Waals surface area contributed by atoms with E-state index >= 15 is 0 Å². The topological polar surface area (TPSA) is 109 Å². The van der Waals surface area contributed by atoms with Crippen molar-refractivity contribution in [3.8, 4) is 0 Å². The number of carbonyl (C=O) groups excluding carboxylic acids is 2. The van der Waals surface area contributed by atoms with Gasteiger partial charge in [0.15, 0.2) is 0 Å². The molecule has 6 nitrogen and oxygen atoms in total. The molecule has 20 heavy (non-hydrogen) atoms. The quantitative estimate of drug-likeness (QED) is 0.682. The van der Waals surface area contributed by atoms with E-state index in [1.54, 1.807) is 25.3 Å². The molecule has 0 aromatic carbocycles. The van der Waals surface area contributed by atoms with Crippen LogP contribution in [0.15, 0.2) is 17.5 Å². The molecule has 1 rings (SSSR count). The minimum Gasteiger partial charge on any atom is -0.478 e. The van der Waals surface area contributed by atoms with E-state index in [1.807, 2.05) is 0 Å². The van der Waals surface area contributed by atoms with Crippen molar-refractivity contribution in [3.63, 3.8) is 0 Å². The van der Waals surface area contributed by atoms with Crippen molar-refractivity contribution in [1.82, 2.24) is 5.32 Å². The zero-order valence-electron chi connectivity index (χ0n) is 11.2. The lowest BCUT2D eigenvalue weighted by molar-refractivity contribution is -0.131. The van der Waals surface area contributed by atoms with E-state index in [1.165, 1.54) is 17.4 Å². The van der Waals surface area contributed by atoms with Gasteiger partial charge in [-0.3, -0.25) is 9.59 Å². The highest BCUT2D eigenvalue weighted by molar-refractivity contribution is 7.11. The Balaban J connectivity index is 2.65. The molecule has 0 atom stereocenters. The van der Waals surface area contributed by atoms with Gasteiger partial charge in [-0.25, -0.2) is 4.79 Å². The summed E-state index contributed by atoms with van der Waals surface area (Å²) < 4.78 is 0. The maximum Gasteiger partial charge on any atom is 0.328 e. The first kappa shape index (κ1) is 15.9. The van der Waals surface area contributed by atoms with Gasteiger partial charge in [0.25, 0.3) is 5.91 Å². The van der Waals surface area contributed by atoms with Crippen LogP contribution in [0.5, 0.6) is 0 Å². The molecule has 0 radical (unpaired) electrons. The Morgan fingerprint density at radius 3 is 2.65 bits per heavy atom.